The molecule has 0 spiro atoms. The van der Waals surface area contributed by atoms with Gasteiger partial charge in [-0.15, -0.1) is 0 Å². The molecule has 0 amide bonds. The smallest absolute Gasteiger partial charge is 0.337 e. The van der Waals surface area contributed by atoms with Crippen molar-refractivity contribution in [1.29, 1.82) is 0 Å². The van der Waals surface area contributed by atoms with Gasteiger partial charge in [0.2, 0.25) is 0 Å². The van der Waals surface area contributed by atoms with Crippen LogP contribution in [0.1, 0.15) is 13.8 Å². The lowest BCUT2D eigenvalue weighted by Gasteiger charge is -2.30. The summed E-state index contributed by atoms with van der Waals surface area (Å²) >= 11 is 0. The topological polar surface area (TPSA) is 40.5 Å². The fourth-order valence-electron chi connectivity index (χ4n) is 0.557. The van der Waals surface area contributed by atoms with Crippen LogP contribution in [0, 0.1) is 0 Å². The average molecular weight is 190 g/mol. The van der Waals surface area contributed by atoms with Crippen LogP contribution in [0.4, 0.5) is 17.6 Å². The minimum atomic E-state index is -4.61. The minimum Gasteiger partial charge on any atom is -0.387 e. The van der Waals surface area contributed by atoms with Crippen molar-refractivity contribution in [3.8, 4) is 0 Å². The molecule has 2 nitrogen and oxygen atoms in total. The molecule has 0 aromatic heterocycles. The predicted octanol–water partition coefficient (Wildman–Crippen LogP) is 1.02. The van der Waals surface area contributed by atoms with Gasteiger partial charge in [0.05, 0.1) is 0 Å². The van der Waals surface area contributed by atoms with Crippen molar-refractivity contribution in [1.82, 2.24) is 0 Å². The quantitative estimate of drug-likeness (QED) is 0.652. The van der Waals surface area contributed by atoms with Crippen LogP contribution in [-0.2, 0) is 0 Å². The highest BCUT2D eigenvalue weighted by atomic mass is 19.3. The lowest BCUT2D eigenvalue weighted by atomic mass is 10.0. The van der Waals surface area contributed by atoms with Crippen molar-refractivity contribution in [3.63, 3.8) is 0 Å². The van der Waals surface area contributed by atoms with Crippen LogP contribution >= 0.6 is 0 Å². The molecule has 2 N–H and O–H groups in total. The maximum Gasteiger partial charge on any atom is 0.337 e. The van der Waals surface area contributed by atoms with Crippen molar-refractivity contribution >= 4 is 0 Å². The molecule has 6 heteroatoms. The first kappa shape index (κ1) is 11.6. The van der Waals surface area contributed by atoms with E-state index in [1.807, 2.05) is 0 Å². The summed E-state index contributed by atoms with van der Waals surface area (Å²) in [6.45, 7) is 1.08. The van der Waals surface area contributed by atoms with Crippen LogP contribution in [-0.4, -0.2) is 34.3 Å². The zero-order valence-electron chi connectivity index (χ0n) is 6.56. The van der Waals surface area contributed by atoms with Crippen LogP contribution in [0.5, 0.6) is 0 Å². The van der Waals surface area contributed by atoms with Crippen LogP contribution in [0.15, 0.2) is 0 Å². The van der Waals surface area contributed by atoms with Gasteiger partial charge in [-0.25, -0.2) is 0 Å². The van der Waals surface area contributed by atoms with E-state index in [0.717, 1.165) is 0 Å². The summed E-state index contributed by atoms with van der Waals surface area (Å²) in [5.74, 6) is -9.22. The minimum absolute atomic E-state index is 0.538. The lowest BCUT2D eigenvalue weighted by molar-refractivity contribution is -0.280. The fourth-order valence-corrected chi connectivity index (χ4v) is 0.557. The van der Waals surface area contributed by atoms with Crippen LogP contribution < -0.4 is 0 Å². The molecule has 0 aromatic carbocycles. The molecule has 0 rings (SSSR count). The number of halogens is 4. The first-order valence-electron chi connectivity index (χ1n) is 3.25. The summed E-state index contributed by atoms with van der Waals surface area (Å²) in [4.78, 5) is 0. The molecule has 2 unspecified atom stereocenters. The summed E-state index contributed by atoms with van der Waals surface area (Å²) in [5.41, 5.74) is 0. The van der Waals surface area contributed by atoms with Gasteiger partial charge in [-0.05, 0) is 13.8 Å². The van der Waals surface area contributed by atoms with E-state index in [-0.39, 0.29) is 0 Å². The number of rotatable bonds is 3. The Labute approximate surface area is 66.8 Å². The number of aliphatic hydroxyl groups is 2. The fraction of sp³-hybridized carbons (Fsp3) is 1.00. The van der Waals surface area contributed by atoms with E-state index >= 15 is 0 Å². The van der Waals surface area contributed by atoms with E-state index in [0.29, 0.717) is 13.8 Å². The molecule has 0 saturated carbocycles. The van der Waals surface area contributed by atoms with Crippen LogP contribution in [0.3, 0.4) is 0 Å². The maximum atomic E-state index is 12.4. The molecular formula is C6H10F4O2. The van der Waals surface area contributed by atoms with Gasteiger partial charge < -0.3 is 10.2 Å². The van der Waals surface area contributed by atoms with Gasteiger partial charge in [0.1, 0.15) is 12.2 Å². The van der Waals surface area contributed by atoms with Gasteiger partial charge >= 0.3 is 11.8 Å². The molecule has 0 bridgehead atoms. The van der Waals surface area contributed by atoms with Gasteiger partial charge in [-0.2, -0.15) is 17.6 Å². The van der Waals surface area contributed by atoms with E-state index < -0.39 is 24.1 Å². The Hall–Kier alpha value is -0.360. The molecular weight excluding hydrogens is 180 g/mol. The third-order valence-corrected chi connectivity index (χ3v) is 1.49. The van der Waals surface area contributed by atoms with Crippen molar-refractivity contribution in [2.24, 2.45) is 0 Å². The highest BCUT2D eigenvalue weighted by Crippen LogP contribution is 2.39. The molecule has 74 valence electrons. The Kier molecular flexibility index (Phi) is 3.08. The Balaban J connectivity index is 4.75. The summed E-state index contributed by atoms with van der Waals surface area (Å²) in [5, 5.41) is 16.6. The monoisotopic (exact) mass is 190 g/mol. The molecule has 0 aromatic rings. The molecule has 0 aliphatic carbocycles. The van der Waals surface area contributed by atoms with Crippen molar-refractivity contribution in [2.45, 2.75) is 37.9 Å². The third kappa shape index (κ3) is 1.69. The highest BCUT2D eigenvalue weighted by Gasteiger charge is 2.62. The largest absolute Gasteiger partial charge is 0.387 e. The van der Waals surface area contributed by atoms with Gasteiger partial charge in [-0.3, -0.25) is 0 Å². The predicted molar refractivity (Wildman–Crippen MR) is 33.3 cm³/mol. The maximum absolute atomic E-state index is 12.4. The van der Waals surface area contributed by atoms with E-state index in [4.69, 9.17) is 10.2 Å². The SMILES string of the molecule is CC(O)C(F)(F)C(F)(F)C(C)O. The Morgan fingerprint density at radius 3 is 1.08 bits per heavy atom. The second-order valence-corrected chi connectivity index (χ2v) is 2.60. The van der Waals surface area contributed by atoms with Gasteiger partial charge in [0.15, 0.2) is 0 Å². The number of hydrogen-bond acceptors (Lipinski definition) is 2. The standard InChI is InChI=1S/C6H10F4O2/c1-3(11)5(7,8)6(9,10)4(2)12/h3-4,11-12H,1-2H3. The second-order valence-electron chi connectivity index (χ2n) is 2.60. The summed E-state index contributed by atoms with van der Waals surface area (Å²) in [7, 11) is 0. The van der Waals surface area contributed by atoms with Crippen molar-refractivity contribution in [2.75, 3.05) is 0 Å². The second kappa shape index (κ2) is 3.18. The number of hydrogen-bond donors (Lipinski definition) is 2. The van der Waals surface area contributed by atoms with Crippen molar-refractivity contribution < 1.29 is 27.8 Å². The zero-order valence-corrected chi connectivity index (χ0v) is 6.56. The Morgan fingerprint density at radius 2 is 1.00 bits per heavy atom. The van der Waals surface area contributed by atoms with Crippen LogP contribution in [0.25, 0.3) is 0 Å². The molecule has 0 heterocycles. The molecule has 0 radical (unpaired) electrons. The van der Waals surface area contributed by atoms with Gasteiger partial charge in [0, 0.05) is 0 Å². The van der Waals surface area contributed by atoms with Gasteiger partial charge in [-0.1, -0.05) is 0 Å². The average Bonchev–Trinajstić information content (AvgIpc) is 1.86. The first-order chi connectivity index (χ1) is 5.14. The zero-order chi connectivity index (χ0) is 10.2. The van der Waals surface area contributed by atoms with Crippen LogP contribution in [0.2, 0.25) is 0 Å². The summed E-state index contributed by atoms with van der Waals surface area (Å²) in [6, 6.07) is 0. The number of aliphatic hydroxyl groups excluding tert-OH is 2. The first-order valence-corrected chi connectivity index (χ1v) is 3.25. The highest BCUT2D eigenvalue weighted by molar-refractivity contribution is 4.92. The Bertz CT molecular complexity index is 138. The van der Waals surface area contributed by atoms with Crippen molar-refractivity contribution in [3.05, 3.63) is 0 Å². The van der Waals surface area contributed by atoms with E-state index in [2.05, 4.69) is 0 Å². The molecule has 2 atom stereocenters. The Morgan fingerprint density at radius 1 is 0.833 bits per heavy atom. The van der Waals surface area contributed by atoms with E-state index in [9.17, 15) is 17.6 Å². The molecule has 12 heavy (non-hydrogen) atoms. The van der Waals surface area contributed by atoms with E-state index in [1.165, 1.54) is 0 Å². The van der Waals surface area contributed by atoms with Gasteiger partial charge in [0.25, 0.3) is 0 Å². The molecule has 0 aliphatic heterocycles. The normalized spacial score (nSPS) is 19.0. The summed E-state index contributed by atoms with van der Waals surface area (Å²) < 4.78 is 49.7. The van der Waals surface area contributed by atoms with E-state index in [1.54, 1.807) is 0 Å². The summed E-state index contributed by atoms with van der Waals surface area (Å²) in [6.07, 6.45) is -5.00. The lowest BCUT2D eigenvalue weighted by Crippen LogP contribution is -2.54. The molecule has 0 aliphatic rings. The molecule has 0 saturated heterocycles. The number of alkyl halides is 4. The third-order valence-electron chi connectivity index (χ3n) is 1.49. The molecule has 0 fully saturated rings.